The summed E-state index contributed by atoms with van der Waals surface area (Å²) in [5.74, 6) is -0.536. The first kappa shape index (κ1) is 18.2. The number of likely N-dealkylation sites (N-methyl/N-ethyl adjacent to an activating group) is 1. The molecule has 0 fully saturated rings. The fourth-order valence-electron chi connectivity index (χ4n) is 1.95. The molecule has 0 unspecified atom stereocenters. The number of rotatable bonds is 5. The smallest absolute Gasteiger partial charge is 0.246 e. The lowest BCUT2D eigenvalue weighted by atomic mass is 10.2. The molecule has 0 radical (unpaired) electrons. The van der Waals surface area contributed by atoms with Crippen molar-refractivity contribution >= 4 is 51.1 Å². The highest BCUT2D eigenvalue weighted by Crippen LogP contribution is 2.21. The highest BCUT2D eigenvalue weighted by Gasteiger charge is 2.11. The van der Waals surface area contributed by atoms with Crippen LogP contribution in [-0.4, -0.2) is 30.3 Å². The summed E-state index contributed by atoms with van der Waals surface area (Å²) in [7, 11) is 1.57. The third kappa shape index (κ3) is 5.51. The number of benzene rings is 2. The van der Waals surface area contributed by atoms with E-state index in [1.54, 1.807) is 37.4 Å². The molecule has 24 heavy (non-hydrogen) atoms. The number of nitrogens with zero attached hydrogens (tertiary/aromatic N) is 1. The minimum atomic E-state index is -0.270. The average molecular weight is 408 g/mol. The zero-order chi connectivity index (χ0) is 17.5. The number of amides is 2. The maximum atomic E-state index is 12.1. The van der Waals surface area contributed by atoms with Gasteiger partial charge in [0, 0.05) is 22.6 Å². The molecule has 2 amide bonds. The fourth-order valence-corrected chi connectivity index (χ4v) is 2.53. The van der Waals surface area contributed by atoms with Crippen LogP contribution in [0.3, 0.4) is 0 Å². The zero-order valence-corrected chi connectivity index (χ0v) is 15.3. The third-order valence-electron chi connectivity index (χ3n) is 3.17. The Balaban J connectivity index is 1.91. The molecule has 1 N–H and O–H groups in total. The average Bonchev–Trinajstić information content (AvgIpc) is 2.54. The molecule has 0 bridgehead atoms. The van der Waals surface area contributed by atoms with Gasteiger partial charge in [-0.15, -0.1) is 0 Å². The van der Waals surface area contributed by atoms with E-state index in [2.05, 4.69) is 21.2 Å². The summed E-state index contributed by atoms with van der Waals surface area (Å²) in [6, 6.07) is 14.5. The van der Waals surface area contributed by atoms with E-state index < -0.39 is 0 Å². The molecule has 124 valence electrons. The number of hydrogen-bond acceptors (Lipinski definition) is 2. The van der Waals surface area contributed by atoms with Crippen LogP contribution in [0.15, 0.2) is 59.1 Å². The van der Waals surface area contributed by atoms with Crippen molar-refractivity contribution in [2.75, 3.05) is 18.9 Å². The van der Waals surface area contributed by atoms with Gasteiger partial charge in [-0.1, -0.05) is 35.9 Å². The molecule has 0 aliphatic rings. The number of carbonyl (C=O) groups is 2. The monoisotopic (exact) mass is 406 g/mol. The molecule has 0 aliphatic carbocycles. The first-order valence-corrected chi connectivity index (χ1v) is 8.36. The van der Waals surface area contributed by atoms with E-state index in [1.165, 1.54) is 11.0 Å². The van der Waals surface area contributed by atoms with E-state index in [1.807, 2.05) is 24.3 Å². The summed E-state index contributed by atoms with van der Waals surface area (Å²) in [5.41, 5.74) is 1.49. The van der Waals surface area contributed by atoms with Gasteiger partial charge in [-0.25, -0.2) is 0 Å². The second-order valence-electron chi connectivity index (χ2n) is 5.11. The summed E-state index contributed by atoms with van der Waals surface area (Å²) in [5, 5.41) is 3.36. The van der Waals surface area contributed by atoms with Crippen LogP contribution < -0.4 is 5.32 Å². The molecule has 0 aliphatic heterocycles. The molecule has 0 atom stereocenters. The number of hydrogen-bond donors (Lipinski definition) is 1. The predicted molar refractivity (Wildman–Crippen MR) is 101 cm³/mol. The molecule has 2 rings (SSSR count). The van der Waals surface area contributed by atoms with Crippen LogP contribution in [0, 0.1) is 0 Å². The standard InChI is InChI=1S/C18H16BrClN2O2/c1-22(12-17(23)21-16-8-3-2-7-15(16)19)18(24)10-9-13-5-4-6-14(20)11-13/h2-11H,12H2,1H3,(H,21,23)/b10-9+. The van der Waals surface area contributed by atoms with Crippen LogP contribution in [0.2, 0.25) is 5.02 Å². The SMILES string of the molecule is CN(CC(=O)Nc1ccccc1Br)C(=O)/C=C/c1cccc(Cl)c1. The van der Waals surface area contributed by atoms with Crippen molar-refractivity contribution in [1.82, 2.24) is 4.90 Å². The molecule has 0 spiro atoms. The first-order chi connectivity index (χ1) is 11.5. The van der Waals surface area contributed by atoms with Gasteiger partial charge in [-0.2, -0.15) is 0 Å². The first-order valence-electron chi connectivity index (χ1n) is 7.19. The molecule has 6 heteroatoms. The summed E-state index contributed by atoms with van der Waals surface area (Å²) < 4.78 is 0.785. The Hall–Kier alpha value is -2.11. The van der Waals surface area contributed by atoms with E-state index >= 15 is 0 Å². The quantitative estimate of drug-likeness (QED) is 0.755. The van der Waals surface area contributed by atoms with Crippen LogP contribution in [0.4, 0.5) is 5.69 Å². The van der Waals surface area contributed by atoms with Gasteiger partial charge in [-0.05, 0) is 51.8 Å². The van der Waals surface area contributed by atoms with Crippen molar-refractivity contribution in [3.63, 3.8) is 0 Å². The second kappa shape index (κ2) is 8.66. The van der Waals surface area contributed by atoms with Crippen molar-refractivity contribution in [3.05, 3.63) is 69.7 Å². The van der Waals surface area contributed by atoms with Gasteiger partial charge in [0.25, 0.3) is 0 Å². The van der Waals surface area contributed by atoms with Gasteiger partial charge in [0.2, 0.25) is 11.8 Å². The van der Waals surface area contributed by atoms with E-state index in [-0.39, 0.29) is 18.4 Å². The lowest BCUT2D eigenvalue weighted by Crippen LogP contribution is -2.33. The fraction of sp³-hybridized carbons (Fsp3) is 0.111. The van der Waals surface area contributed by atoms with E-state index in [0.717, 1.165) is 10.0 Å². The Bertz CT molecular complexity index is 777. The van der Waals surface area contributed by atoms with Gasteiger partial charge in [0.15, 0.2) is 0 Å². The van der Waals surface area contributed by atoms with Crippen LogP contribution in [-0.2, 0) is 9.59 Å². The Morgan fingerprint density at radius 2 is 1.96 bits per heavy atom. The Kier molecular flexibility index (Phi) is 6.58. The van der Waals surface area contributed by atoms with Crippen molar-refractivity contribution in [2.45, 2.75) is 0 Å². The summed E-state index contributed by atoms with van der Waals surface area (Å²) in [4.78, 5) is 25.4. The van der Waals surface area contributed by atoms with Gasteiger partial charge >= 0.3 is 0 Å². The van der Waals surface area contributed by atoms with Crippen LogP contribution >= 0.6 is 27.5 Å². The molecule has 4 nitrogen and oxygen atoms in total. The highest BCUT2D eigenvalue weighted by molar-refractivity contribution is 9.10. The Morgan fingerprint density at radius 3 is 2.67 bits per heavy atom. The third-order valence-corrected chi connectivity index (χ3v) is 4.10. The van der Waals surface area contributed by atoms with Gasteiger partial charge in [0.1, 0.15) is 0 Å². The molecular weight excluding hydrogens is 392 g/mol. The summed E-state index contributed by atoms with van der Waals surface area (Å²) in [6.07, 6.45) is 3.08. The lowest BCUT2D eigenvalue weighted by molar-refractivity contribution is -0.129. The van der Waals surface area contributed by atoms with Crippen molar-refractivity contribution in [2.24, 2.45) is 0 Å². The Morgan fingerprint density at radius 1 is 1.21 bits per heavy atom. The minimum Gasteiger partial charge on any atom is -0.333 e. The van der Waals surface area contributed by atoms with Crippen LogP contribution in [0.5, 0.6) is 0 Å². The summed E-state index contributed by atoms with van der Waals surface area (Å²) >= 11 is 9.25. The molecule has 2 aromatic rings. The van der Waals surface area contributed by atoms with Gasteiger partial charge in [0.05, 0.1) is 12.2 Å². The van der Waals surface area contributed by atoms with E-state index in [0.29, 0.717) is 10.7 Å². The van der Waals surface area contributed by atoms with E-state index in [9.17, 15) is 9.59 Å². The Labute approximate surface area is 154 Å². The molecular formula is C18H16BrClN2O2. The molecule has 0 saturated carbocycles. The topological polar surface area (TPSA) is 49.4 Å². The number of nitrogens with one attached hydrogen (secondary N) is 1. The normalized spacial score (nSPS) is 10.6. The molecule has 2 aromatic carbocycles. The van der Waals surface area contributed by atoms with Gasteiger partial charge < -0.3 is 10.2 Å². The van der Waals surface area contributed by atoms with E-state index in [4.69, 9.17) is 11.6 Å². The number of carbonyl (C=O) groups excluding carboxylic acids is 2. The highest BCUT2D eigenvalue weighted by atomic mass is 79.9. The maximum absolute atomic E-state index is 12.1. The van der Waals surface area contributed by atoms with Crippen molar-refractivity contribution in [3.8, 4) is 0 Å². The summed E-state index contributed by atoms with van der Waals surface area (Å²) in [6.45, 7) is -0.0416. The molecule has 0 heterocycles. The lowest BCUT2D eigenvalue weighted by Gasteiger charge is -2.15. The predicted octanol–water partition coefficient (Wildman–Crippen LogP) is 4.21. The van der Waals surface area contributed by atoms with Crippen LogP contribution in [0.25, 0.3) is 6.08 Å². The number of halogens is 2. The number of para-hydroxylation sites is 1. The van der Waals surface area contributed by atoms with Crippen molar-refractivity contribution < 1.29 is 9.59 Å². The van der Waals surface area contributed by atoms with Crippen molar-refractivity contribution in [1.29, 1.82) is 0 Å². The van der Waals surface area contributed by atoms with Crippen LogP contribution in [0.1, 0.15) is 5.56 Å². The molecule has 0 saturated heterocycles. The number of anilines is 1. The minimum absolute atomic E-state index is 0.0416. The van der Waals surface area contributed by atoms with Gasteiger partial charge in [-0.3, -0.25) is 9.59 Å². The largest absolute Gasteiger partial charge is 0.333 e. The molecule has 0 aromatic heterocycles. The second-order valence-corrected chi connectivity index (χ2v) is 6.40. The zero-order valence-electron chi connectivity index (χ0n) is 13.0. The maximum Gasteiger partial charge on any atom is 0.246 e.